The molecule has 1 aliphatic carbocycles. The average Bonchev–Trinajstić information content (AvgIpc) is 2.78. The van der Waals surface area contributed by atoms with Crippen molar-refractivity contribution in [1.29, 1.82) is 0 Å². The fourth-order valence-electron chi connectivity index (χ4n) is 4.86. The van der Waals surface area contributed by atoms with Gasteiger partial charge in [0.05, 0.1) is 11.3 Å². The van der Waals surface area contributed by atoms with Crippen LogP contribution < -0.4 is 10.6 Å². The summed E-state index contributed by atoms with van der Waals surface area (Å²) in [5.74, 6) is 0.423. The predicted molar refractivity (Wildman–Crippen MR) is 114 cm³/mol. The van der Waals surface area contributed by atoms with E-state index in [1.165, 1.54) is 11.6 Å². The van der Waals surface area contributed by atoms with E-state index in [1.807, 2.05) is 12.3 Å². The van der Waals surface area contributed by atoms with E-state index in [0.29, 0.717) is 11.5 Å². The van der Waals surface area contributed by atoms with Gasteiger partial charge < -0.3 is 10.6 Å². The third-order valence-corrected chi connectivity index (χ3v) is 6.41. The minimum absolute atomic E-state index is 0.116. The molecule has 0 radical (unpaired) electrons. The first-order valence-corrected chi connectivity index (χ1v) is 10.5. The van der Waals surface area contributed by atoms with E-state index >= 15 is 0 Å². The first-order chi connectivity index (χ1) is 14.9. The van der Waals surface area contributed by atoms with Gasteiger partial charge in [-0.15, -0.1) is 0 Å². The Balaban J connectivity index is 1.42. The number of nitrogens with zero attached hydrogens (tertiary/aromatic N) is 2. The molecule has 2 aromatic carbocycles. The second-order valence-corrected chi connectivity index (χ2v) is 8.37. The SMILES string of the molecule is FC(F)(F)c1cccc(CNc2ncc3c(n2)-c2ccccc2C2(CCNCC2)C3)c1. The van der Waals surface area contributed by atoms with Crippen molar-refractivity contribution in [1.82, 2.24) is 15.3 Å². The van der Waals surface area contributed by atoms with Crippen LogP contribution in [0.1, 0.15) is 35.1 Å². The zero-order chi connectivity index (χ0) is 21.5. The molecule has 5 rings (SSSR count). The highest BCUT2D eigenvalue weighted by Gasteiger charge is 2.40. The lowest BCUT2D eigenvalue weighted by Crippen LogP contribution is -2.43. The second-order valence-electron chi connectivity index (χ2n) is 8.37. The van der Waals surface area contributed by atoms with Crippen LogP contribution in [0.4, 0.5) is 19.1 Å². The maximum Gasteiger partial charge on any atom is 0.416 e. The topological polar surface area (TPSA) is 49.8 Å². The summed E-state index contributed by atoms with van der Waals surface area (Å²) in [5.41, 5.74) is 4.52. The number of anilines is 1. The van der Waals surface area contributed by atoms with Gasteiger partial charge in [0.2, 0.25) is 5.95 Å². The van der Waals surface area contributed by atoms with Crippen molar-refractivity contribution < 1.29 is 13.2 Å². The van der Waals surface area contributed by atoms with Crippen LogP contribution in [0.2, 0.25) is 0 Å². The number of alkyl halides is 3. The molecule has 1 spiro atoms. The predicted octanol–water partition coefficient (Wildman–Crippen LogP) is 4.95. The Hall–Kier alpha value is -2.93. The van der Waals surface area contributed by atoms with E-state index < -0.39 is 11.7 Å². The number of aromatic nitrogens is 2. The number of rotatable bonds is 3. The molecule has 1 aliphatic heterocycles. The molecule has 0 bridgehead atoms. The molecule has 2 N–H and O–H groups in total. The molecule has 1 saturated heterocycles. The van der Waals surface area contributed by atoms with E-state index in [1.54, 1.807) is 6.07 Å². The zero-order valence-electron chi connectivity index (χ0n) is 17.0. The number of hydrogen-bond acceptors (Lipinski definition) is 4. The van der Waals surface area contributed by atoms with E-state index in [0.717, 1.165) is 61.3 Å². The van der Waals surface area contributed by atoms with Crippen LogP contribution in [0.25, 0.3) is 11.3 Å². The molecule has 2 heterocycles. The second kappa shape index (κ2) is 7.64. The normalized spacial score (nSPS) is 17.1. The number of halogens is 3. The maximum atomic E-state index is 13.0. The van der Waals surface area contributed by atoms with Crippen LogP contribution in [0.15, 0.2) is 54.7 Å². The summed E-state index contributed by atoms with van der Waals surface area (Å²) < 4.78 is 38.9. The van der Waals surface area contributed by atoms with Crippen molar-refractivity contribution in [2.45, 2.75) is 37.4 Å². The molecule has 0 unspecified atom stereocenters. The largest absolute Gasteiger partial charge is 0.416 e. The highest BCUT2D eigenvalue weighted by molar-refractivity contribution is 5.72. The van der Waals surface area contributed by atoms with Gasteiger partial charge >= 0.3 is 6.18 Å². The number of nitrogens with one attached hydrogen (secondary N) is 2. The maximum absolute atomic E-state index is 13.0. The molecule has 31 heavy (non-hydrogen) atoms. The van der Waals surface area contributed by atoms with Crippen molar-refractivity contribution in [3.8, 4) is 11.3 Å². The van der Waals surface area contributed by atoms with Crippen LogP contribution in [0.3, 0.4) is 0 Å². The highest BCUT2D eigenvalue weighted by Crippen LogP contribution is 2.46. The minimum Gasteiger partial charge on any atom is -0.350 e. The Bertz CT molecular complexity index is 1100. The molecule has 7 heteroatoms. The van der Waals surface area contributed by atoms with E-state index in [4.69, 9.17) is 4.98 Å². The van der Waals surface area contributed by atoms with Crippen LogP contribution in [0.5, 0.6) is 0 Å². The fourth-order valence-corrected chi connectivity index (χ4v) is 4.86. The Labute approximate surface area is 178 Å². The Morgan fingerprint density at radius 1 is 1.03 bits per heavy atom. The van der Waals surface area contributed by atoms with Gasteiger partial charge in [-0.05, 0) is 61.2 Å². The van der Waals surface area contributed by atoms with E-state index in [2.05, 4.69) is 33.8 Å². The highest BCUT2D eigenvalue weighted by atomic mass is 19.4. The first-order valence-electron chi connectivity index (χ1n) is 10.5. The quantitative estimate of drug-likeness (QED) is 0.625. The summed E-state index contributed by atoms with van der Waals surface area (Å²) in [6.07, 6.45) is 0.593. The molecule has 1 fully saturated rings. The lowest BCUT2D eigenvalue weighted by Gasteiger charge is -2.42. The van der Waals surface area contributed by atoms with Crippen molar-refractivity contribution in [3.05, 3.63) is 77.0 Å². The average molecular weight is 424 g/mol. The number of piperidine rings is 1. The lowest BCUT2D eigenvalue weighted by molar-refractivity contribution is -0.137. The number of fused-ring (bicyclic) bond motifs is 4. The molecular weight excluding hydrogens is 401 g/mol. The van der Waals surface area contributed by atoms with Gasteiger partial charge in [0.25, 0.3) is 0 Å². The van der Waals surface area contributed by atoms with Gasteiger partial charge in [0.15, 0.2) is 0 Å². The number of benzene rings is 2. The summed E-state index contributed by atoms with van der Waals surface area (Å²) in [6, 6.07) is 13.7. The molecule has 0 atom stereocenters. The van der Waals surface area contributed by atoms with Crippen molar-refractivity contribution in [2.75, 3.05) is 18.4 Å². The Kier molecular flexibility index (Phi) is 4.93. The first kappa shape index (κ1) is 20.0. The third-order valence-electron chi connectivity index (χ3n) is 6.41. The van der Waals surface area contributed by atoms with Gasteiger partial charge in [0, 0.05) is 23.7 Å². The van der Waals surface area contributed by atoms with E-state index in [-0.39, 0.29) is 12.0 Å². The van der Waals surface area contributed by atoms with Gasteiger partial charge in [-0.2, -0.15) is 13.2 Å². The van der Waals surface area contributed by atoms with Crippen molar-refractivity contribution in [2.24, 2.45) is 0 Å². The number of hydrogen-bond donors (Lipinski definition) is 2. The smallest absolute Gasteiger partial charge is 0.350 e. The molecule has 0 amide bonds. The molecule has 3 aromatic rings. The minimum atomic E-state index is -4.35. The molecular formula is C24H23F3N4. The molecule has 160 valence electrons. The Morgan fingerprint density at radius 3 is 2.65 bits per heavy atom. The molecule has 4 nitrogen and oxygen atoms in total. The fraction of sp³-hybridized carbons (Fsp3) is 0.333. The monoisotopic (exact) mass is 424 g/mol. The van der Waals surface area contributed by atoms with Gasteiger partial charge in [-0.1, -0.05) is 36.4 Å². The summed E-state index contributed by atoms with van der Waals surface area (Å²) in [7, 11) is 0. The van der Waals surface area contributed by atoms with E-state index in [9.17, 15) is 13.2 Å². The summed E-state index contributed by atoms with van der Waals surface area (Å²) in [5, 5.41) is 6.55. The van der Waals surface area contributed by atoms with Gasteiger partial charge in [0.1, 0.15) is 0 Å². The molecule has 0 saturated carbocycles. The third kappa shape index (κ3) is 3.78. The van der Waals surface area contributed by atoms with Gasteiger partial charge in [-0.25, -0.2) is 9.97 Å². The van der Waals surface area contributed by atoms with Crippen molar-refractivity contribution >= 4 is 5.95 Å². The zero-order valence-corrected chi connectivity index (χ0v) is 17.0. The lowest BCUT2D eigenvalue weighted by atomic mass is 9.64. The molecule has 2 aliphatic rings. The summed E-state index contributed by atoms with van der Waals surface area (Å²) in [4.78, 5) is 9.23. The van der Waals surface area contributed by atoms with Crippen molar-refractivity contribution in [3.63, 3.8) is 0 Å². The molecule has 1 aromatic heterocycles. The van der Waals surface area contributed by atoms with Crippen LogP contribution in [0, 0.1) is 0 Å². The van der Waals surface area contributed by atoms with Gasteiger partial charge in [-0.3, -0.25) is 0 Å². The summed E-state index contributed by atoms with van der Waals surface area (Å²) in [6.45, 7) is 2.22. The van der Waals surface area contributed by atoms with Crippen LogP contribution in [-0.4, -0.2) is 23.1 Å². The van der Waals surface area contributed by atoms with Crippen LogP contribution in [-0.2, 0) is 24.6 Å². The standard InChI is InChI=1S/C24H23F3N4/c25-24(26,27)18-5-3-4-16(12-18)14-29-22-30-15-17-13-23(8-10-28-11-9-23)20-7-2-1-6-19(20)21(17)31-22/h1-7,12,15,28H,8-11,13-14H2,(H,29,30,31). The van der Waals surface area contributed by atoms with Crippen LogP contribution >= 0.6 is 0 Å². The Morgan fingerprint density at radius 2 is 1.84 bits per heavy atom. The summed E-state index contributed by atoms with van der Waals surface area (Å²) >= 11 is 0.